The van der Waals surface area contributed by atoms with Gasteiger partial charge in [0.25, 0.3) is 5.91 Å². The quantitative estimate of drug-likeness (QED) is 0.862. The molecule has 1 atom stereocenters. The summed E-state index contributed by atoms with van der Waals surface area (Å²) in [5.74, 6) is 2.35. The van der Waals surface area contributed by atoms with Crippen molar-refractivity contribution in [3.8, 4) is 5.75 Å². The first-order valence-electron chi connectivity index (χ1n) is 9.28. The van der Waals surface area contributed by atoms with Gasteiger partial charge < -0.3 is 15.0 Å². The minimum atomic E-state index is 0.0876. The van der Waals surface area contributed by atoms with E-state index in [1.807, 2.05) is 35.2 Å². The summed E-state index contributed by atoms with van der Waals surface area (Å²) in [6, 6.07) is 11.8. The second-order valence-corrected chi connectivity index (χ2v) is 6.92. The monoisotopic (exact) mass is 353 g/mol. The third kappa shape index (κ3) is 4.54. The predicted octanol–water partition coefficient (Wildman–Crippen LogP) is 3.62. The molecule has 1 aromatic carbocycles. The number of ether oxygens (including phenoxy) is 1. The van der Waals surface area contributed by atoms with Crippen LogP contribution in [0, 0.1) is 5.92 Å². The Bertz CT molecular complexity index is 730. The molecule has 1 aromatic heterocycles. The van der Waals surface area contributed by atoms with Crippen LogP contribution in [-0.2, 0) is 6.42 Å². The standard InChI is InChI=1S/C21H27N3O2/c1-16-6-5-13-24(15-16)21(25)18-9-10-20(23-14-18)22-12-11-17-7-3-4-8-19(17)26-2/h3-4,7-10,14,16H,5-6,11-13,15H2,1-2H3,(H,22,23). The van der Waals surface area contributed by atoms with Gasteiger partial charge in [-0.1, -0.05) is 25.1 Å². The number of nitrogens with one attached hydrogen (secondary N) is 1. The molecule has 5 heteroatoms. The number of para-hydroxylation sites is 1. The van der Waals surface area contributed by atoms with Crippen molar-refractivity contribution in [3.05, 3.63) is 53.7 Å². The Morgan fingerprint density at radius 2 is 2.15 bits per heavy atom. The summed E-state index contributed by atoms with van der Waals surface area (Å²) in [5, 5.41) is 3.31. The molecule has 0 aliphatic carbocycles. The number of pyridine rings is 1. The molecule has 3 rings (SSSR count). The van der Waals surface area contributed by atoms with Crippen molar-refractivity contribution < 1.29 is 9.53 Å². The van der Waals surface area contributed by atoms with E-state index >= 15 is 0 Å². The van der Waals surface area contributed by atoms with Crippen LogP contribution < -0.4 is 10.1 Å². The predicted molar refractivity (Wildman–Crippen MR) is 104 cm³/mol. The second kappa shape index (κ2) is 8.70. The number of rotatable bonds is 6. The molecule has 1 amide bonds. The SMILES string of the molecule is COc1ccccc1CCNc1ccc(C(=O)N2CCCC(C)C2)cn1. The van der Waals surface area contributed by atoms with E-state index in [0.717, 1.165) is 49.6 Å². The molecule has 0 bridgehead atoms. The lowest BCUT2D eigenvalue weighted by atomic mass is 10.00. The van der Waals surface area contributed by atoms with E-state index in [9.17, 15) is 4.79 Å². The largest absolute Gasteiger partial charge is 0.496 e. The van der Waals surface area contributed by atoms with Gasteiger partial charge in [0, 0.05) is 25.8 Å². The molecule has 138 valence electrons. The van der Waals surface area contributed by atoms with Crippen molar-refractivity contribution in [3.63, 3.8) is 0 Å². The number of amides is 1. The van der Waals surface area contributed by atoms with Gasteiger partial charge in [-0.3, -0.25) is 4.79 Å². The molecule has 0 saturated carbocycles. The van der Waals surface area contributed by atoms with E-state index in [-0.39, 0.29) is 5.91 Å². The average molecular weight is 353 g/mol. The fraction of sp³-hybridized carbons (Fsp3) is 0.429. The smallest absolute Gasteiger partial charge is 0.255 e. The highest BCUT2D eigenvalue weighted by atomic mass is 16.5. The number of nitrogens with zero attached hydrogens (tertiary/aromatic N) is 2. The Morgan fingerprint density at radius 3 is 2.88 bits per heavy atom. The number of carbonyl (C=O) groups excluding carboxylic acids is 1. The molecule has 5 nitrogen and oxygen atoms in total. The Hall–Kier alpha value is -2.56. The van der Waals surface area contributed by atoms with Gasteiger partial charge in [0.2, 0.25) is 0 Å². The van der Waals surface area contributed by atoms with Gasteiger partial charge in [-0.15, -0.1) is 0 Å². The van der Waals surface area contributed by atoms with Crippen LogP contribution in [-0.4, -0.2) is 42.5 Å². The molecule has 0 radical (unpaired) electrons. The van der Waals surface area contributed by atoms with Crippen molar-refractivity contribution in [1.29, 1.82) is 0 Å². The topological polar surface area (TPSA) is 54.5 Å². The summed E-state index contributed by atoms with van der Waals surface area (Å²) >= 11 is 0. The zero-order chi connectivity index (χ0) is 18.4. The Morgan fingerprint density at radius 1 is 1.31 bits per heavy atom. The highest BCUT2D eigenvalue weighted by Crippen LogP contribution is 2.19. The molecule has 1 N–H and O–H groups in total. The van der Waals surface area contributed by atoms with E-state index in [4.69, 9.17) is 4.74 Å². The van der Waals surface area contributed by atoms with Gasteiger partial charge in [-0.05, 0) is 48.9 Å². The minimum Gasteiger partial charge on any atom is -0.496 e. The van der Waals surface area contributed by atoms with Crippen molar-refractivity contribution in [2.24, 2.45) is 5.92 Å². The van der Waals surface area contributed by atoms with Crippen LogP contribution in [0.15, 0.2) is 42.6 Å². The maximum Gasteiger partial charge on any atom is 0.255 e. The Labute approximate surface area is 155 Å². The Kier molecular flexibility index (Phi) is 6.10. The van der Waals surface area contributed by atoms with Gasteiger partial charge in [-0.25, -0.2) is 4.98 Å². The fourth-order valence-corrected chi connectivity index (χ4v) is 3.42. The maximum absolute atomic E-state index is 12.6. The molecule has 1 fully saturated rings. The number of anilines is 1. The highest BCUT2D eigenvalue weighted by molar-refractivity contribution is 5.94. The summed E-state index contributed by atoms with van der Waals surface area (Å²) < 4.78 is 5.37. The molecular formula is C21H27N3O2. The number of aromatic nitrogens is 1. The minimum absolute atomic E-state index is 0.0876. The molecule has 2 heterocycles. The van der Waals surface area contributed by atoms with Crippen LogP contribution in [0.1, 0.15) is 35.7 Å². The molecule has 1 saturated heterocycles. The van der Waals surface area contributed by atoms with Crippen molar-refractivity contribution in [2.45, 2.75) is 26.2 Å². The van der Waals surface area contributed by atoms with E-state index in [0.29, 0.717) is 11.5 Å². The summed E-state index contributed by atoms with van der Waals surface area (Å²) in [7, 11) is 1.69. The molecule has 26 heavy (non-hydrogen) atoms. The van der Waals surface area contributed by atoms with Crippen LogP contribution in [0.4, 0.5) is 5.82 Å². The third-order valence-electron chi connectivity index (χ3n) is 4.85. The van der Waals surface area contributed by atoms with E-state index in [1.54, 1.807) is 13.3 Å². The van der Waals surface area contributed by atoms with Crippen LogP contribution in [0.2, 0.25) is 0 Å². The number of hydrogen-bond donors (Lipinski definition) is 1. The summed E-state index contributed by atoms with van der Waals surface area (Å²) in [5.41, 5.74) is 1.82. The number of carbonyl (C=O) groups is 1. The first-order chi connectivity index (χ1) is 12.7. The molecule has 1 unspecified atom stereocenters. The van der Waals surface area contributed by atoms with Gasteiger partial charge in [0.1, 0.15) is 11.6 Å². The summed E-state index contributed by atoms with van der Waals surface area (Å²) in [6.45, 7) is 4.65. The van der Waals surface area contributed by atoms with Crippen LogP contribution in [0.5, 0.6) is 5.75 Å². The number of hydrogen-bond acceptors (Lipinski definition) is 4. The second-order valence-electron chi connectivity index (χ2n) is 6.92. The van der Waals surface area contributed by atoms with Crippen molar-refractivity contribution in [1.82, 2.24) is 9.88 Å². The lowest BCUT2D eigenvalue weighted by Gasteiger charge is -2.30. The van der Waals surface area contributed by atoms with Gasteiger partial charge in [0.15, 0.2) is 0 Å². The first-order valence-corrected chi connectivity index (χ1v) is 9.28. The van der Waals surface area contributed by atoms with Gasteiger partial charge >= 0.3 is 0 Å². The molecule has 1 aliphatic heterocycles. The average Bonchev–Trinajstić information content (AvgIpc) is 2.68. The molecule has 2 aromatic rings. The zero-order valence-corrected chi connectivity index (χ0v) is 15.6. The van der Waals surface area contributed by atoms with Crippen LogP contribution >= 0.6 is 0 Å². The van der Waals surface area contributed by atoms with E-state index in [2.05, 4.69) is 23.3 Å². The molecule has 1 aliphatic rings. The molecule has 0 spiro atoms. The van der Waals surface area contributed by atoms with E-state index < -0.39 is 0 Å². The number of likely N-dealkylation sites (tertiary alicyclic amines) is 1. The lowest BCUT2D eigenvalue weighted by Crippen LogP contribution is -2.39. The number of benzene rings is 1. The molecular weight excluding hydrogens is 326 g/mol. The summed E-state index contributed by atoms with van der Waals surface area (Å²) in [4.78, 5) is 18.9. The van der Waals surface area contributed by atoms with Crippen LogP contribution in [0.3, 0.4) is 0 Å². The zero-order valence-electron chi connectivity index (χ0n) is 15.6. The lowest BCUT2D eigenvalue weighted by molar-refractivity contribution is 0.0682. The van der Waals surface area contributed by atoms with Gasteiger partial charge in [0.05, 0.1) is 12.7 Å². The first kappa shape index (κ1) is 18.2. The Balaban J connectivity index is 1.53. The van der Waals surface area contributed by atoms with Crippen LogP contribution in [0.25, 0.3) is 0 Å². The maximum atomic E-state index is 12.6. The normalized spacial score (nSPS) is 17.0. The summed E-state index contributed by atoms with van der Waals surface area (Å²) in [6.07, 6.45) is 4.81. The van der Waals surface area contributed by atoms with Crippen molar-refractivity contribution in [2.75, 3.05) is 32.1 Å². The van der Waals surface area contributed by atoms with Gasteiger partial charge in [-0.2, -0.15) is 0 Å². The fourth-order valence-electron chi connectivity index (χ4n) is 3.42. The van der Waals surface area contributed by atoms with Crippen molar-refractivity contribution >= 4 is 11.7 Å². The van der Waals surface area contributed by atoms with E-state index in [1.165, 1.54) is 6.42 Å². The number of methoxy groups -OCH3 is 1. The number of piperidine rings is 1. The highest BCUT2D eigenvalue weighted by Gasteiger charge is 2.22. The third-order valence-corrected chi connectivity index (χ3v) is 4.85.